The van der Waals surface area contributed by atoms with E-state index in [0.717, 1.165) is 17.4 Å². The zero-order valence-electron chi connectivity index (χ0n) is 12.9. The predicted molar refractivity (Wildman–Crippen MR) is 95.3 cm³/mol. The van der Waals surface area contributed by atoms with Crippen molar-refractivity contribution in [2.24, 2.45) is 10.4 Å². The molecule has 1 aliphatic rings. The van der Waals surface area contributed by atoms with Gasteiger partial charge in [0.25, 0.3) is 0 Å². The van der Waals surface area contributed by atoms with Gasteiger partial charge in [0.05, 0.1) is 6.54 Å². The summed E-state index contributed by atoms with van der Waals surface area (Å²) in [6.07, 6.45) is 1.20. The molecule has 3 rings (SSSR count). The number of fused-ring (bicyclic) bond motifs is 1. The minimum atomic E-state index is 0.367. The Bertz CT molecular complexity index is 670. The molecule has 2 aromatic rings. The lowest BCUT2D eigenvalue weighted by molar-refractivity contribution is 0.375. The number of amidine groups is 1. The maximum absolute atomic E-state index is 4.65. The molecule has 1 unspecified atom stereocenters. The Kier molecular flexibility index (Phi) is 3.94. The van der Waals surface area contributed by atoms with Crippen LogP contribution < -0.4 is 5.32 Å². The minimum Gasteiger partial charge on any atom is -0.335 e. The number of rotatable bonds is 2. The third-order valence-corrected chi connectivity index (χ3v) is 4.66. The van der Waals surface area contributed by atoms with E-state index in [9.17, 15) is 0 Å². The van der Waals surface area contributed by atoms with Crippen molar-refractivity contribution < 1.29 is 0 Å². The minimum absolute atomic E-state index is 0.367. The first-order chi connectivity index (χ1) is 9.99. The Balaban J connectivity index is 1.66. The molecule has 0 saturated carbocycles. The van der Waals surface area contributed by atoms with Crippen LogP contribution in [0.4, 0.5) is 5.69 Å². The van der Waals surface area contributed by atoms with Crippen LogP contribution in [0.15, 0.2) is 47.5 Å². The molecule has 2 nitrogen and oxygen atoms in total. The fourth-order valence-electron chi connectivity index (χ4n) is 2.67. The molecular formula is C18H22N2S. The average Bonchev–Trinajstić information content (AvgIpc) is 2.83. The smallest absolute Gasteiger partial charge is 0.161 e. The molecule has 0 aliphatic carbocycles. The zero-order valence-corrected chi connectivity index (χ0v) is 13.7. The van der Waals surface area contributed by atoms with E-state index in [1.807, 2.05) is 11.8 Å². The summed E-state index contributed by atoms with van der Waals surface area (Å²) in [6.45, 7) is 7.81. The number of anilines is 1. The van der Waals surface area contributed by atoms with Crippen LogP contribution in [0.25, 0.3) is 10.8 Å². The van der Waals surface area contributed by atoms with Gasteiger partial charge in [0.15, 0.2) is 5.17 Å². The number of thioether (sulfide) groups is 1. The van der Waals surface area contributed by atoms with E-state index in [-0.39, 0.29) is 0 Å². The molecule has 1 atom stereocenters. The van der Waals surface area contributed by atoms with Crippen LogP contribution in [0.3, 0.4) is 0 Å². The van der Waals surface area contributed by atoms with Crippen LogP contribution in [0.5, 0.6) is 0 Å². The van der Waals surface area contributed by atoms with Crippen molar-refractivity contribution in [1.82, 2.24) is 0 Å². The lowest BCUT2D eigenvalue weighted by Gasteiger charge is -2.21. The van der Waals surface area contributed by atoms with E-state index >= 15 is 0 Å². The second kappa shape index (κ2) is 5.72. The highest BCUT2D eigenvalue weighted by molar-refractivity contribution is 8.15. The Morgan fingerprint density at radius 3 is 2.67 bits per heavy atom. The normalized spacial score (nSPS) is 18.8. The van der Waals surface area contributed by atoms with E-state index in [1.165, 1.54) is 17.2 Å². The van der Waals surface area contributed by atoms with Gasteiger partial charge in [-0.1, -0.05) is 62.9 Å². The molecule has 0 saturated heterocycles. The van der Waals surface area contributed by atoms with Gasteiger partial charge >= 0.3 is 0 Å². The lowest BCUT2D eigenvalue weighted by atomic mass is 9.90. The number of benzene rings is 2. The molecule has 1 heterocycles. The summed E-state index contributed by atoms with van der Waals surface area (Å²) in [5.41, 5.74) is 1.49. The van der Waals surface area contributed by atoms with Gasteiger partial charge in [0, 0.05) is 10.9 Å². The quantitative estimate of drug-likeness (QED) is 0.828. The monoisotopic (exact) mass is 298 g/mol. The molecular weight excluding hydrogens is 276 g/mol. The molecule has 0 radical (unpaired) electrons. The largest absolute Gasteiger partial charge is 0.335 e. The van der Waals surface area contributed by atoms with Crippen molar-refractivity contribution in [2.75, 3.05) is 11.9 Å². The Morgan fingerprint density at radius 2 is 1.90 bits per heavy atom. The zero-order chi connectivity index (χ0) is 14.9. The van der Waals surface area contributed by atoms with Crippen LogP contribution >= 0.6 is 11.8 Å². The summed E-state index contributed by atoms with van der Waals surface area (Å²) in [6, 6.07) is 14.9. The Hall–Kier alpha value is -1.48. The Labute approximate surface area is 131 Å². The van der Waals surface area contributed by atoms with Crippen molar-refractivity contribution in [2.45, 2.75) is 32.4 Å². The number of aliphatic imine (C=N–C) groups is 1. The van der Waals surface area contributed by atoms with Gasteiger partial charge in [-0.15, -0.1) is 0 Å². The van der Waals surface area contributed by atoms with Gasteiger partial charge in [0.2, 0.25) is 0 Å². The predicted octanol–water partition coefficient (Wildman–Crippen LogP) is 5.16. The van der Waals surface area contributed by atoms with Crippen molar-refractivity contribution in [1.29, 1.82) is 0 Å². The van der Waals surface area contributed by atoms with Gasteiger partial charge in [-0.25, -0.2) is 0 Å². The summed E-state index contributed by atoms with van der Waals surface area (Å²) in [4.78, 5) is 4.65. The van der Waals surface area contributed by atoms with E-state index in [4.69, 9.17) is 0 Å². The topological polar surface area (TPSA) is 24.4 Å². The highest BCUT2D eigenvalue weighted by atomic mass is 32.2. The number of nitrogens with zero attached hydrogens (tertiary/aromatic N) is 1. The first-order valence-electron chi connectivity index (χ1n) is 7.47. The van der Waals surface area contributed by atoms with Crippen LogP contribution in [-0.2, 0) is 0 Å². The standard InChI is InChI=1S/C18H22N2S/c1-18(2,3)11-16-12-19-17(21-16)20-15-9-8-13-6-4-5-7-14(13)10-15/h4-10,16H,11-12H2,1-3H3,(H,19,20). The molecule has 0 amide bonds. The average molecular weight is 298 g/mol. The molecule has 21 heavy (non-hydrogen) atoms. The molecule has 1 aliphatic heterocycles. The summed E-state index contributed by atoms with van der Waals surface area (Å²) >= 11 is 1.88. The molecule has 0 bridgehead atoms. The molecule has 0 fully saturated rings. The summed E-state index contributed by atoms with van der Waals surface area (Å²) < 4.78 is 0. The highest BCUT2D eigenvalue weighted by Gasteiger charge is 2.24. The van der Waals surface area contributed by atoms with Crippen molar-refractivity contribution in [3.8, 4) is 0 Å². The number of hydrogen-bond donors (Lipinski definition) is 1. The summed E-state index contributed by atoms with van der Waals surface area (Å²) in [7, 11) is 0. The third-order valence-electron chi connectivity index (χ3n) is 3.56. The van der Waals surface area contributed by atoms with Crippen molar-refractivity contribution in [3.05, 3.63) is 42.5 Å². The molecule has 0 spiro atoms. The Morgan fingerprint density at radius 1 is 1.14 bits per heavy atom. The van der Waals surface area contributed by atoms with Gasteiger partial charge in [-0.2, -0.15) is 0 Å². The molecule has 3 heteroatoms. The third kappa shape index (κ3) is 3.79. The SMILES string of the molecule is CC(C)(C)CC1CN=C(Nc2ccc3ccccc3c2)S1. The highest BCUT2D eigenvalue weighted by Crippen LogP contribution is 2.32. The fraction of sp³-hybridized carbons (Fsp3) is 0.389. The molecule has 110 valence electrons. The van der Waals surface area contributed by atoms with Crippen LogP contribution in [0.1, 0.15) is 27.2 Å². The van der Waals surface area contributed by atoms with Gasteiger partial charge in [-0.3, -0.25) is 4.99 Å². The maximum Gasteiger partial charge on any atom is 0.161 e. The van der Waals surface area contributed by atoms with E-state index in [1.54, 1.807) is 0 Å². The lowest BCUT2D eigenvalue weighted by Crippen LogP contribution is -2.16. The van der Waals surface area contributed by atoms with Crippen LogP contribution in [0, 0.1) is 5.41 Å². The fourth-order valence-corrected chi connectivity index (χ4v) is 4.04. The van der Waals surface area contributed by atoms with Crippen molar-refractivity contribution >= 4 is 33.4 Å². The van der Waals surface area contributed by atoms with E-state index in [0.29, 0.717) is 10.7 Å². The molecule has 2 aromatic carbocycles. The van der Waals surface area contributed by atoms with E-state index < -0.39 is 0 Å². The van der Waals surface area contributed by atoms with Gasteiger partial charge in [0.1, 0.15) is 0 Å². The number of nitrogens with one attached hydrogen (secondary N) is 1. The van der Waals surface area contributed by atoms with E-state index in [2.05, 4.69) is 73.5 Å². The van der Waals surface area contributed by atoms with Gasteiger partial charge in [-0.05, 0) is 34.7 Å². The molecule has 0 aromatic heterocycles. The second-order valence-electron chi connectivity index (χ2n) is 6.84. The maximum atomic E-state index is 4.65. The summed E-state index contributed by atoms with van der Waals surface area (Å²) in [5, 5.41) is 7.66. The second-order valence-corrected chi connectivity index (χ2v) is 8.13. The van der Waals surface area contributed by atoms with Gasteiger partial charge < -0.3 is 5.32 Å². The van der Waals surface area contributed by atoms with Crippen molar-refractivity contribution in [3.63, 3.8) is 0 Å². The number of hydrogen-bond acceptors (Lipinski definition) is 3. The van der Waals surface area contributed by atoms with Crippen LogP contribution in [0.2, 0.25) is 0 Å². The van der Waals surface area contributed by atoms with Crippen LogP contribution in [-0.4, -0.2) is 17.0 Å². The summed E-state index contributed by atoms with van der Waals surface area (Å²) in [5.74, 6) is 0. The first kappa shape index (κ1) is 14.5. The first-order valence-corrected chi connectivity index (χ1v) is 8.34. The molecule has 1 N–H and O–H groups in total.